The predicted molar refractivity (Wildman–Crippen MR) is 65.2 cm³/mol. The minimum Gasteiger partial charge on any atom is -0.480 e. The average molecular weight is 252 g/mol. The summed E-state index contributed by atoms with van der Waals surface area (Å²) in [5, 5.41) is 8.78. The Morgan fingerprint density at radius 2 is 2.11 bits per heavy atom. The molecular formula is C12H16N2O4. The van der Waals surface area contributed by atoms with Crippen molar-refractivity contribution in [3.05, 3.63) is 34.7 Å². The maximum atomic E-state index is 11.7. The van der Waals surface area contributed by atoms with Gasteiger partial charge < -0.3 is 14.6 Å². The highest BCUT2D eigenvalue weighted by Crippen LogP contribution is 2.00. The lowest BCUT2D eigenvalue weighted by molar-refractivity contribution is -0.148. The van der Waals surface area contributed by atoms with Crippen LogP contribution in [-0.2, 0) is 16.1 Å². The van der Waals surface area contributed by atoms with E-state index in [0.717, 1.165) is 4.90 Å². The zero-order chi connectivity index (χ0) is 13.7. The van der Waals surface area contributed by atoms with E-state index >= 15 is 0 Å². The van der Waals surface area contributed by atoms with Crippen molar-refractivity contribution in [2.24, 2.45) is 0 Å². The number of pyridine rings is 1. The van der Waals surface area contributed by atoms with Crippen molar-refractivity contribution in [2.75, 3.05) is 7.05 Å². The molecule has 1 atom stereocenters. The number of carboxylic acids is 1. The van der Waals surface area contributed by atoms with E-state index in [0.29, 0.717) is 0 Å². The van der Waals surface area contributed by atoms with Gasteiger partial charge in [-0.3, -0.25) is 9.59 Å². The first kappa shape index (κ1) is 14.0. The van der Waals surface area contributed by atoms with Crippen molar-refractivity contribution >= 4 is 11.9 Å². The van der Waals surface area contributed by atoms with Gasteiger partial charge in [-0.2, -0.15) is 0 Å². The summed E-state index contributed by atoms with van der Waals surface area (Å²) in [6.07, 6.45) is 1.69. The first-order valence-corrected chi connectivity index (χ1v) is 5.57. The van der Waals surface area contributed by atoms with E-state index in [2.05, 4.69) is 0 Å². The molecule has 0 aliphatic heterocycles. The van der Waals surface area contributed by atoms with E-state index < -0.39 is 12.0 Å². The van der Waals surface area contributed by atoms with Gasteiger partial charge in [0.1, 0.15) is 6.04 Å². The second-order valence-corrected chi connectivity index (χ2v) is 4.00. The zero-order valence-corrected chi connectivity index (χ0v) is 10.4. The molecule has 0 saturated carbocycles. The molecule has 1 rings (SSSR count). The first-order chi connectivity index (χ1) is 8.43. The maximum absolute atomic E-state index is 11.7. The van der Waals surface area contributed by atoms with Crippen LogP contribution in [0.3, 0.4) is 0 Å². The number of aliphatic carboxylic acids is 1. The van der Waals surface area contributed by atoms with Crippen molar-refractivity contribution in [3.63, 3.8) is 0 Å². The molecular weight excluding hydrogens is 236 g/mol. The second-order valence-electron chi connectivity index (χ2n) is 4.00. The van der Waals surface area contributed by atoms with Crippen molar-refractivity contribution in [1.29, 1.82) is 0 Å². The van der Waals surface area contributed by atoms with Gasteiger partial charge >= 0.3 is 5.97 Å². The fraction of sp³-hybridized carbons (Fsp3) is 0.417. The van der Waals surface area contributed by atoms with Crippen LogP contribution in [0.2, 0.25) is 0 Å². The zero-order valence-electron chi connectivity index (χ0n) is 10.4. The molecule has 18 heavy (non-hydrogen) atoms. The Morgan fingerprint density at radius 3 is 2.67 bits per heavy atom. The van der Waals surface area contributed by atoms with Gasteiger partial charge in [-0.1, -0.05) is 6.07 Å². The number of amides is 1. The molecule has 0 aliphatic carbocycles. The monoisotopic (exact) mass is 252 g/mol. The molecule has 1 unspecified atom stereocenters. The standard InChI is InChI=1S/C12H16N2O4/c1-9(12(17)18)13(2)10(15)6-8-14-7-4-3-5-11(14)16/h3-5,7,9H,6,8H2,1-2H3,(H,17,18). The lowest BCUT2D eigenvalue weighted by atomic mass is 10.2. The summed E-state index contributed by atoms with van der Waals surface area (Å²) in [6, 6.07) is 3.87. The van der Waals surface area contributed by atoms with Gasteiger partial charge in [0.15, 0.2) is 0 Å². The number of carbonyl (C=O) groups is 2. The van der Waals surface area contributed by atoms with Crippen molar-refractivity contribution in [3.8, 4) is 0 Å². The number of rotatable bonds is 5. The molecule has 0 aliphatic rings. The summed E-state index contributed by atoms with van der Waals surface area (Å²) in [5.74, 6) is -1.36. The third-order valence-electron chi connectivity index (χ3n) is 2.80. The Kier molecular flexibility index (Phi) is 4.65. The largest absolute Gasteiger partial charge is 0.480 e. The summed E-state index contributed by atoms with van der Waals surface area (Å²) in [4.78, 5) is 35.0. The molecule has 0 radical (unpaired) electrons. The van der Waals surface area contributed by atoms with Gasteiger partial charge in [-0.05, 0) is 13.0 Å². The van der Waals surface area contributed by atoms with Crippen LogP contribution in [0.4, 0.5) is 0 Å². The number of carbonyl (C=O) groups excluding carboxylic acids is 1. The Labute approximate surface area is 104 Å². The lowest BCUT2D eigenvalue weighted by Gasteiger charge is -2.21. The van der Waals surface area contributed by atoms with E-state index in [9.17, 15) is 14.4 Å². The van der Waals surface area contributed by atoms with Gasteiger partial charge in [0, 0.05) is 32.3 Å². The number of hydrogen-bond donors (Lipinski definition) is 1. The van der Waals surface area contributed by atoms with Crippen LogP contribution in [0.15, 0.2) is 29.2 Å². The quantitative estimate of drug-likeness (QED) is 0.810. The maximum Gasteiger partial charge on any atom is 0.326 e. The predicted octanol–water partition coefficient (Wildman–Crippen LogP) is 0.170. The highest BCUT2D eigenvalue weighted by molar-refractivity contribution is 5.83. The topological polar surface area (TPSA) is 79.6 Å². The van der Waals surface area contributed by atoms with Crippen molar-refractivity contribution < 1.29 is 14.7 Å². The molecule has 6 nitrogen and oxygen atoms in total. The molecule has 98 valence electrons. The summed E-state index contributed by atoms with van der Waals surface area (Å²) < 4.78 is 1.41. The Balaban J connectivity index is 2.59. The third-order valence-corrected chi connectivity index (χ3v) is 2.80. The number of aryl methyl sites for hydroxylation is 1. The molecule has 0 spiro atoms. The van der Waals surface area contributed by atoms with E-state index in [1.165, 1.54) is 24.6 Å². The highest BCUT2D eigenvalue weighted by atomic mass is 16.4. The van der Waals surface area contributed by atoms with Crippen LogP contribution in [0.25, 0.3) is 0 Å². The normalized spacial score (nSPS) is 11.9. The van der Waals surface area contributed by atoms with E-state index in [-0.39, 0.29) is 24.4 Å². The highest BCUT2D eigenvalue weighted by Gasteiger charge is 2.21. The average Bonchev–Trinajstić information content (AvgIpc) is 2.35. The van der Waals surface area contributed by atoms with Gasteiger partial charge in [-0.15, -0.1) is 0 Å². The molecule has 6 heteroatoms. The van der Waals surface area contributed by atoms with Crippen molar-refractivity contribution in [2.45, 2.75) is 25.9 Å². The van der Waals surface area contributed by atoms with Gasteiger partial charge in [0.2, 0.25) is 5.91 Å². The van der Waals surface area contributed by atoms with Crippen LogP contribution < -0.4 is 5.56 Å². The van der Waals surface area contributed by atoms with E-state index in [4.69, 9.17) is 5.11 Å². The first-order valence-electron chi connectivity index (χ1n) is 5.57. The molecule has 1 aromatic heterocycles. The van der Waals surface area contributed by atoms with E-state index in [1.54, 1.807) is 18.3 Å². The third kappa shape index (κ3) is 3.44. The molecule has 0 aromatic carbocycles. The molecule has 1 aromatic rings. The molecule has 0 saturated heterocycles. The number of hydrogen-bond acceptors (Lipinski definition) is 3. The fourth-order valence-electron chi connectivity index (χ4n) is 1.42. The van der Waals surface area contributed by atoms with Crippen LogP contribution in [-0.4, -0.2) is 39.5 Å². The van der Waals surface area contributed by atoms with Gasteiger partial charge in [-0.25, -0.2) is 4.79 Å². The number of likely N-dealkylation sites (N-methyl/N-ethyl adjacent to an activating group) is 1. The van der Waals surface area contributed by atoms with Gasteiger partial charge in [0.25, 0.3) is 5.56 Å². The lowest BCUT2D eigenvalue weighted by Crippen LogP contribution is -2.40. The molecule has 1 heterocycles. The summed E-state index contributed by atoms with van der Waals surface area (Å²) in [7, 11) is 1.44. The smallest absolute Gasteiger partial charge is 0.326 e. The molecule has 1 amide bonds. The summed E-state index contributed by atoms with van der Waals surface area (Å²) in [6.45, 7) is 1.68. The van der Waals surface area contributed by atoms with E-state index in [1.807, 2.05) is 0 Å². The number of nitrogens with zero attached hydrogens (tertiary/aromatic N) is 2. The summed E-state index contributed by atoms with van der Waals surface area (Å²) in [5.41, 5.74) is -0.181. The number of aromatic nitrogens is 1. The van der Waals surface area contributed by atoms with Crippen LogP contribution in [0.1, 0.15) is 13.3 Å². The number of carboxylic acid groups (broad SMARTS) is 1. The Hall–Kier alpha value is -2.11. The van der Waals surface area contributed by atoms with Crippen molar-refractivity contribution in [1.82, 2.24) is 9.47 Å². The fourth-order valence-corrected chi connectivity index (χ4v) is 1.42. The van der Waals surface area contributed by atoms with Crippen LogP contribution in [0, 0.1) is 0 Å². The second kappa shape index (κ2) is 6.00. The molecule has 1 N–H and O–H groups in total. The minimum atomic E-state index is -1.05. The van der Waals surface area contributed by atoms with Crippen LogP contribution in [0.5, 0.6) is 0 Å². The minimum absolute atomic E-state index is 0.0953. The molecule has 0 fully saturated rings. The Bertz CT molecular complexity index is 495. The van der Waals surface area contributed by atoms with Gasteiger partial charge in [0.05, 0.1) is 0 Å². The molecule has 0 bridgehead atoms. The Morgan fingerprint density at radius 1 is 1.44 bits per heavy atom. The SMILES string of the molecule is CC(C(=O)O)N(C)C(=O)CCn1ccccc1=O. The summed E-state index contributed by atoms with van der Waals surface area (Å²) >= 11 is 0. The van der Waals surface area contributed by atoms with Crippen LogP contribution >= 0.6 is 0 Å².